The maximum atomic E-state index is 12.3. The molecule has 0 spiro atoms. The van der Waals surface area contributed by atoms with E-state index in [0.29, 0.717) is 38.8 Å². The van der Waals surface area contributed by atoms with Crippen LogP contribution in [-0.4, -0.2) is 61.9 Å². The molecule has 0 bridgehead atoms. The lowest BCUT2D eigenvalue weighted by molar-refractivity contribution is -0.155. The van der Waals surface area contributed by atoms with Crippen LogP contribution >= 0.6 is 0 Å². The van der Waals surface area contributed by atoms with Crippen molar-refractivity contribution < 1.29 is 19.4 Å². The number of nitrogens with zero attached hydrogens (tertiary/aromatic N) is 3. The molecule has 0 saturated carbocycles. The van der Waals surface area contributed by atoms with Gasteiger partial charge in [0.2, 0.25) is 0 Å². The van der Waals surface area contributed by atoms with Crippen molar-refractivity contribution in [2.24, 2.45) is 0 Å². The van der Waals surface area contributed by atoms with Gasteiger partial charge in [0.15, 0.2) is 6.10 Å². The predicted molar refractivity (Wildman–Crippen MR) is 73.2 cm³/mol. The van der Waals surface area contributed by atoms with Crippen molar-refractivity contribution >= 4 is 11.9 Å². The number of carboxylic acid groups (broad SMARTS) is 1. The number of piperidine rings is 1. The van der Waals surface area contributed by atoms with Crippen LogP contribution in [0.2, 0.25) is 0 Å². The number of aromatic nitrogens is 3. The first-order chi connectivity index (χ1) is 10.6. The molecule has 1 aromatic heterocycles. The van der Waals surface area contributed by atoms with Gasteiger partial charge in [0, 0.05) is 19.1 Å². The third kappa shape index (κ3) is 2.76. The molecule has 2 atom stereocenters. The molecule has 1 aromatic rings. The maximum Gasteiger partial charge on any atom is 0.343 e. The molecule has 2 fully saturated rings. The molecule has 0 aromatic carbocycles. The van der Waals surface area contributed by atoms with Crippen molar-refractivity contribution in [3.05, 3.63) is 16.8 Å². The van der Waals surface area contributed by atoms with E-state index >= 15 is 0 Å². The first-order valence-corrected chi connectivity index (χ1v) is 7.35. The Hall–Kier alpha value is -2.16. The summed E-state index contributed by atoms with van der Waals surface area (Å²) in [6.07, 6.45) is 2.08. The van der Waals surface area contributed by atoms with Crippen LogP contribution in [0.4, 0.5) is 0 Å². The third-order valence-corrected chi connectivity index (χ3v) is 4.32. The van der Waals surface area contributed by atoms with E-state index in [0.717, 1.165) is 0 Å². The van der Waals surface area contributed by atoms with E-state index in [1.54, 1.807) is 9.47 Å². The van der Waals surface area contributed by atoms with E-state index in [4.69, 9.17) is 9.84 Å². The molecule has 1 amide bonds. The zero-order chi connectivity index (χ0) is 15.7. The second-order valence-corrected chi connectivity index (χ2v) is 5.65. The van der Waals surface area contributed by atoms with Crippen molar-refractivity contribution in [3.8, 4) is 0 Å². The number of hydrogen-bond donors (Lipinski definition) is 2. The molecule has 120 valence electrons. The Morgan fingerprint density at radius 3 is 2.45 bits per heavy atom. The minimum Gasteiger partial charge on any atom is -0.479 e. The molecule has 2 aliphatic heterocycles. The average molecular weight is 310 g/mol. The summed E-state index contributed by atoms with van der Waals surface area (Å²) in [6.45, 7) is 1.05. The van der Waals surface area contributed by atoms with Gasteiger partial charge in [-0.15, -0.1) is 0 Å². The van der Waals surface area contributed by atoms with Crippen LogP contribution < -0.4 is 5.69 Å². The van der Waals surface area contributed by atoms with Crippen molar-refractivity contribution in [1.29, 1.82) is 0 Å². The SMILES string of the molecule is O=C(O)[C@@H]1CC[C@H](C(=O)N2CCC(n3cn[nH]c3=O)CC2)O1. The Balaban J connectivity index is 1.55. The lowest BCUT2D eigenvalue weighted by atomic mass is 10.0. The first kappa shape index (κ1) is 14.8. The van der Waals surface area contributed by atoms with Crippen molar-refractivity contribution in [2.45, 2.75) is 43.9 Å². The molecule has 2 N–H and O–H groups in total. The normalized spacial score (nSPS) is 26.3. The van der Waals surface area contributed by atoms with E-state index in [1.165, 1.54) is 6.33 Å². The summed E-state index contributed by atoms with van der Waals surface area (Å²) >= 11 is 0. The van der Waals surface area contributed by atoms with Gasteiger partial charge in [-0.2, -0.15) is 5.10 Å². The second-order valence-electron chi connectivity index (χ2n) is 5.65. The molecule has 22 heavy (non-hydrogen) atoms. The number of hydrogen-bond acceptors (Lipinski definition) is 5. The van der Waals surface area contributed by atoms with E-state index in [9.17, 15) is 14.4 Å². The van der Waals surface area contributed by atoms with Gasteiger partial charge in [-0.25, -0.2) is 14.7 Å². The summed E-state index contributed by atoms with van der Waals surface area (Å²) in [6, 6.07) is 0.0339. The Labute approximate surface area is 125 Å². The minimum absolute atomic E-state index is 0.0339. The van der Waals surface area contributed by atoms with Gasteiger partial charge in [0.1, 0.15) is 12.4 Å². The highest BCUT2D eigenvalue weighted by Crippen LogP contribution is 2.25. The number of rotatable bonds is 3. The number of carbonyl (C=O) groups is 2. The number of amides is 1. The molecule has 9 heteroatoms. The standard InChI is InChI=1S/C13H18N4O5/c18-11(9-1-2-10(22-9)12(19)20)16-5-3-8(4-6-16)17-7-14-15-13(17)21/h7-10H,1-6H2,(H,15,21)(H,19,20)/t9-,10+/m1/s1. The number of likely N-dealkylation sites (tertiary alicyclic amines) is 1. The number of nitrogens with one attached hydrogen (secondary N) is 1. The minimum atomic E-state index is -1.02. The van der Waals surface area contributed by atoms with Gasteiger partial charge in [-0.3, -0.25) is 9.36 Å². The zero-order valence-corrected chi connectivity index (χ0v) is 12.0. The van der Waals surface area contributed by atoms with Crippen LogP contribution in [0, 0.1) is 0 Å². The summed E-state index contributed by atoms with van der Waals surface area (Å²) in [7, 11) is 0. The molecule has 3 rings (SSSR count). The van der Waals surface area contributed by atoms with Crippen LogP contribution in [0.1, 0.15) is 31.7 Å². The van der Waals surface area contributed by atoms with Crippen LogP contribution in [0.15, 0.2) is 11.1 Å². The molecule has 9 nitrogen and oxygen atoms in total. The fourth-order valence-electron chi connectivity index (χ4n) is 3.09. The fourth-order valence-corrected chi connectivity index (χ4v) is 3.09. The van der Waals surface area contributed by atoms with Crippen molar-refractivity contribution in [2.75, 3.05) is 13.1 Å². The number of carbonyl (C=O) groups excluding carboxylic acids is 1. The van der Waals surface area contributed by atoms with Gasteiger partial charge in [-0.05, 0) is 25.7 Å². The Morgan fingerprint density at radius 2 is 1.91 bits per heavy atom. The monoisotopic (exact) mass is 310 g/mol. The van der Waals surface area contributed by atoms with Gasteiger partial charge in [0.05, 0.1) is 0 Å². The summed E-state index contributed by atoms with van der Waals surface area (Å²) in [5.74, 6) is -1.17. The molecule has 2 aliphatic rings. The van der Waals surface area contributed by atoms with Gasteiger partial charge >= 0.3 is 11.7 Å². The zero-order valence-electron chi connectivity index (χ0n) is 12.0. The number of aromatic amines is 1. The van der Waals surface area contributed by atoms with Crippen LogP contribution in [-0.2, 0) is 14.3 Å². The van der Waals surface area contributed by atoms with E-state index in [1.807, 2.05) is 0 Å². The van der Waals surface area contributed by atoms with E-state index < -0.39 is 18.2 Å². The van der Waals surface area contributed by atoms with Crippen LogP contribution in [0.5, 0.6) is 0 Å². The molecule has 2 saturated heterocycles. The first-order valence-electron chi connectivity index (χ1n) is 7.35. The maximum absolute atomic E-state index is 12.3. The summed E-state index contributed by atoms with van der Waals surface area (Å²) < 4.78 is 6.85. The quantitative estimate of drug-likeness (QED) is 0.767. The molecular weight excluding hydrogens is 292 g/mol. The molecule has 0 aliphatic carbocycles. The summed E-state index contributed by atoms with van der Waals surface area (Å²) in [5.41, 5.74) is -0.242. The average Bonchev–Trinajstić information content (AvgIpc) is 3.15. The highest BCUT2D eigenvalue weighted by molar-refractivity contribution is 5.82. The van der Waals surface area contributed by atoms with Gasteiger partial charge < -0.3 is 14.7 Å². The number of H-pyrrole nitrogens is 1. The lowest BCUT2D eigenvalue weighted by Gasteiger charge is -2.33. The molecule has 0 unspecified atom stereocenters. The largest absolute Gasteiger partial charge is 0.479 e. The number of aliphatic carboxylic acids is 1. The Kier molecular flexibility index (Phi) is 3.97. The smallest absolute Gasteiger partial charge is 0.343 e. The lowest BCUT2D eigenvalue weighted by Crippen LogP contribution is -2.45. The van der Waals surface area contributed by atoms with Crippen LogP contribution in [0.3, 0.4) is 0 Å². The van der Waals surface area contributed by atoms with Gasteiger partial charge in [-0.1, -0.05) is 0 Å². The van der Waals surface area contributed by atoms with Crippen molar-refractivity contribution in [1.82, 2.24) is 19.7 Å². The fraction of sp³-hybridized carbons (Fsp3) is 0.692. The topological polar surface area (TPSA) is 118 Å². The van der Waals surface area contributed by atoms with E-state index in [-0.39, 0.29) is 17.6 Å². The summed E-state index contributed by atoms with van der Waals surface area (Å²) in [5, 5.41) is 15.0. The Bertz CT molecular complexity index is 616. The highest BCUT2D eigenvalue weighted by atomic mass is 16.5. The second kappa shape index (κ2) is 5.91. The molecule has 0 radical (unpaired) electrons. The number of carboxylic acids is 1. The third-order valence-electron chi connectivity index (χ3n) is 4.32. The predicted octanol–water partition coefficient (Wildman–Crippen LogP) is -0.633. The summed E-state index contributed by atoms with van der Waals surface area (Å²) in [4.78, 5) is 36.4. The van der Waals surface area contributed by atoms with Crippen molar-refractivity contribution in [3.63, 3.8) is 0 Å². The Morgan fingerprint density at radius 1 is 1.23 bits per heavy atom. The molecular formula is C13H18N4O5. The molecule has 3 heterocycles. The van der Waals surface area contributed by atoms with Crippen LogP contribution in [0.25, 0.3) is 0 Å². The van der Waals surface area contributed by atoms with E-state index in [2.05, 4.69) is 10.2 Å². The number of ether oxygens (including phenoxy) is 1. The highest BCUT2D eigenvalue weighted by Gasteiger charge is 2.37. The van der Waals surface area contributed by atoms with Gasteiger partial charge in [0.25, 0.3) is 5.91 Å².